The van der Waals surface area contributed by atoms with Gasteiger partial charge in [0, 0.05) is 12.1 Å². The van der Waals surface area contributed by atoms with E-state index in [2.05, 4.69) is 5.32 Å². The Morgan fingerprint density at radius 1 is 1.24 bits per heavy atom. The summed E-state index contributed by atoms with van der Waals surface area (Å²) in [6, 6.07) is 12.2. The molecule has 156 valence electrons. The number of hydrogen-bond acceptors (Lipinski definition) is 6. The van der Waals surface area contributed by atoms with E-state index in [1.54, 1.807) is 6.92 Å². The summed E-state index contributed by atoms with van der Waals surface area (Å²) in [5, 5.41) is 13.6. The predicted octanol–water partition coefficient (Wildman–Crippen LogP) is 2.25. The molecule has 2 aromatic carbocycles. The molecule has 1 N–H and O–H groups in total. The number of para-hydroxylation sites is 1. The zero-order chi connectivity index (χ0) is 21.6. The fraction of sp³-hybridized carbons (Fsp3) is 0.316. The molecule has 0 aliphatic rings. The number of sulfonamides is 1. The number of rotatable bonds is 9. The van der Waals surface area contributed by atoms with Gasteiger partial charge in [-0.3, -0.25) is 19.2 Å². The van der Waals surface area contributed by atoms with E-state index in [0.717, 1.165) is 22.2 Å². The summed E-state index contributed by atoms with van der Waals surface area (Å²) in [5.74, 6) is 0.144. The summed E-state index contributed by atoms with van der Waals surface area (Å²) >= 11 is 0. The SMILES string of the molecule is Cc1ccccc1OCC(C)NC(=O)CN(c1cccc([N+](=O)[O-])c1)S(C)(=O)=O. The Morgan fingerprint density at radius 3 is 2.55 bits per heavy atom. The number of nitro groups is 1. The summed E-state index contributed by atoms with van der Waals surface area (Å²) in [6.45, 7) is 3.33. The van der Waals surface area contributed by atoms with Gasteiger partial charge in [0.05, 0.1) is 22.9 Å². The third-order valence-electron chi connectivity index (χ3n) is 4.01. The van der Waals surface area contributed by atoms with Crippen LogP contribution in [0.15, 0.2) is 48.5 Å². The van der Waals surface area contributed by atoms with E-state index in [1.165, 1.54) is 18.2 Å². The van der Waals surface area contributed by atoms with E-state index in [9.17, 15) is 23.3 Å². The molecule has 0 bridgehead atoms. The molecule has 0 radical (unpaired) electrons. The van der Waals surface area contributed by atoms with E-state index in [4.69, 9.17) is 4.74 Å². The second-order valence-corrected chi connectivity index (χ2v) is 8.50. The number of hydrogen-bond donors (Lipinski definition) is 1. The molecule has 1 unspecified atom stereocenters. The van der Waals surface area contributed by atoms with Crippen LogP contribution in [0, 0.1) is 17.0 Å². The van der Waals surface area contributed by atoms with Crippen molar-refractivity contribution in [2.45, 2.75) is 19.9 Å². The minimum absolute atomic E-state index is 0.0423. The average Bonchev–Trinajstić information content (AvgIpc) is 2.64. The monoisotopic (exact) mass is 421 g/mol. The third-order valence-corrected chi connectivity index (χ3v) is 5.15. The molecule has 0 aromatic heterocycles. The Kier molecular flexibility index (Phi) is 7.16. The van der Waals surface area contributed by atoms with Gasteiger partial charge in [-0.2, -0.15) is 0 Å². The van der Waals surface area contributed by atoms with Gasteiger partial charge in [0.15, 0.2) is 0 Å². The van der Waals surface area contributed by atoms with Crippen molar-refractivity contribution in [1.82, 2.24) is 5.32 Å². The van der Waals surface area contributed by atoms with Crippen LogP contribution in [0.3, 0.4) is 0 Å². The molecule has 0 spiro atoms. The molecule has 0 saturated heterocycles. The topological polar surface area (TPSA) is 119 Å². The highest BCUT2D eigenvalue weighted by atomic mass is 32.2. The first kappa shape index (κ1) is 22.2. The number of carbonyl (C=O) groups is 1. The second-order valence-electron chi connectivity index (χ2n) is 6.59. The standard InChI is InChI=1S/C19H23N3O6S/c1-14-7-4-5-10-18(14)28-13-15(2)20-19(23)12-21(29(3,26)27)16-8-6-9-17(11-16)22(24)25/h4-11,15H,12-13H2,1-3H3,(H,20,23). The molecule has 0 saturated carbocycles. The summed E-state index contributed by atoms with van der Waals surface area (Å²) < 4.78 is 30.8. The largest absolute Gasteiger partial charge is 0.491 e. The predicted molar refractivity (Wildman–Crippen MR) is 110 cm³/mol. The summed E-state index contributed by atoms with van der Waals surface area (Å²) in [4.78, 5) is 22.7. The van der Waals surface area contributed by atoms with Crippen molar-refractivity contribution in [3.8, 4) is 5.75 Å². The number of nitrogens with zero attached hydrogens (tertiary/aromatic N) is 2. The van der Waals surface area contributed by atoms with Crippen LogP contribution in [0.5, 0.6) is 5.75 Å². The Labute approximate surface area is 169 Å². The van der Waals surface area contributed by atoms with Crippen LogP contribution in [0.1, 0.15) is 12.5 Å². The van der Waals surface area contributed by atoms with Gasteiger partial charge in [-0.15, -0.1) is 0 Å². The van der Waals surface area contributed by atoms with E-state index in [1.807, 2.05) is 31.2 Å². The fourth-order valence-electron chi connectivity index (χ4n) is 2.59. The van der Waals surface area contributed by atoms with Crippen molar-refractivity contribution in [3.05, 3.63) is 64.2 Å². The number of anilines is 1. The van der Waals surface area contributed by atoms with Gasteiger partial charge in [0.2, 0.25) is 15.9 Å². The number of non-ortho nitro benzene ring substituents is 1. The summed E-state index contributed by atoms with van der Waals surface area (Å²) in [6.07, 6.45) is 0.934. The molecular weight excluding hydrogens is 398 g/mol. The lowest BCUT2D eigenvalue weighted by atomic mass is 10.2. The molecule has 0 heterocycles. The Hall–Kier alpha value is -3.14. The lowest BCUT2D eigenvalue weighted by Crippen LogP contribution is -2.44. The average molecular weight is 421 g/mol. The van der Waals surface area contributed by atoms with E-state index in [-0.39, 0.29) is 24.0 Å². The Balaban J connectivity index is 2.04. The molecule has 2 rings (SSSR count). The lowest BCUT2D eigenvalue weighted by Gasteiger charge is -2.23. The first-order valence-electron chi connectivity index (χ1n) is 8.78. The smallest absolute Gasteiger partial charge is 0.271 e. The number of aryl methyl sites for hydroxylation is 1. The highest BCUT2D eigenvalue weighted by Crippen LogP contribution is 2.23. The maximum absolute atomic E-state index is 12.4. The van der Waals surface area contributed by atoms with Crippen LogP contribution < -0.4 is 14.4 Å². The number of carbonyl (C=O) groups excluding carboxylic acids is 1. The minimum atomic E-state index is -3.83. The van der Waals surface area contributed by atoms with E-state index >= 15 is 0 Å². The first-order valence-corrected chi connectivity index (χ1v) is 10.6. The van der Waals surface area contributed by atoms with Crippen LogP contribution in [-0.4, -0.2) is 44.7 Å². The van der Waals surface area contributed by atoms with Gasteiger partial charge in [-0.1, -0.05) is 24.3 Å². The maximum atomic E-state index is 12.4. The minimum Gasteiger partial charge on any atom is -0.491 e. The molecule has 29 heavy (non-hydrogen) atoms. The lowest BCUT2D eigenvalue weighted by molar-refractivity contribution is -0.384. The molecule has 0 fully saturated rings. The zero-order valence-electron chi connectivity index (χ0n) is 16.4. The highest BCUT2D eigenvalue weighted by Gasteiger charge is 2.23. The normalized spacial score (nSPS) is 12.1. The summed E-state index contributed by atoms with van der Waals surface area (Å²) in [5.41, 5.74) is 0.733. The van der Waals surface area contributed by atoms with Crippen LogP contribution >= 0.6 is 0 Å². The number of benzene rings is 2. The molecule has 2 aromatic rings. The molecule has 10 heteroatoms. The number of nitro benzene ring substituents is 1. The van der Waals surface area contributed by atoms with Crippen LogP contribution in [-0.2, 0) is 14.8 Å². The van der Waals surface area contributed by atoms with Crippen molar-refractivity contribution in [1.29, 1.82) is 0 Å². The number of amides is 1. The zero-order valence-corrected chi connectivity index (χ0v) is 17.2. The van der Waals surface area contributed by atoms with Gasteiger partial charge in [0.1, 0.15) is 18.9 Å². The van der Waals surface area contributed by atoms with Gasteiger partial charge >= 0.3 is 0 Å². The molecule has 9 nitrogen and oxygen atoms in total. The van der Waals surface area contributed by atoms with E-state index in [0.29, 0.717) is 5.75 Å². The molecule has 0 aliphatic carbocycles. The van der Waals surface area contributed by atoms with Gasteiger partial charge in [-0.05, 0) is 31.5 Å². The van der Waals surface area contributed by atoms with Crippen molar-refractivity contribution in [2.75, 3.05) is 23.7 Å². The van der Waals surface area contributed by atoms with Crippen LogP contribution in [0.2, 0.25) is 0 Å². The Bertz CT molecular complexity index is 993. The first-order chi connectivity index (χ1) is 13.6. The molecule has 1 amide bonds. The van der Waals surface area contributed by atoms with E-state index < -0.39 is 27.4 Å². The number of nitrogens with one attached hydrogen (secondary N) is 1. The van der Waals surface area contributed by atoms with Gasteiger partial charge in [-0.25, -0.2) is 8.42 Å². The highest BCUT2D eigenvalue weighted by molar-refractivity contribution is 7.92. The van der Waals surface area contributed by atoms with Crippen LogP contribution in [0.25, 0.3) is 0 Å². The van der Waals surface area contributed by atoms with Crippen molar-refractivity contribution >= 4 is 27.3 Å². The van der Waals surface area contributed by atoms with Crippen LogP contribution in [0.4, 0.5) is 11.4 Å². The third kappa shape index (κ3) is 6.46. The van der Waals surface area contributed by atoms with Crippen molar-refractivity contribution in [2.24, 2.45) is 0 Å². The Morgan fingerprint density at radius 2 is 1.93 bits per heavy atom. The van der Waals surface area contributed by atoms with Gasteiger partial charge in [0.25, 0.3) is 5.69 Å². The second kappa shape index (κ2) is 9.37. The summed E-state index contributed by atoms with van der Waals surface area (Å²) in [7, 11) is -3.83. The number of ether oxygens (including phenoxy) is 1. The molecule has 1 atom stereocenters. The van der Waals surface area contributed by atoms with Crippen molar-refractivity contribution in [3.63, 3.8) is 0 Å². The quantitative estimate of drug-likeness (QED) is 0.490. The molecular formula is C19H23N3O6S. The molecule has 0 aliphatic heterocycles. The maximum Gasteiger partial charge on any atom is 0.271 e. The van der Waals surface area contributed by atoms with Crippen molar-refractivity contribution < 1.29 is 22.9 Å². The fourth-order valence-corrected chi connectivity index (χ4v) is 3.44. The van der Waals surface area contributed by atoms with Gasteiger partial charge < -0.3 is 10.1 Å².